The largest absolute Gasteiger partial charge is 0.378 e. The molecule has 2 saturated heterocycles. The van der Waals surface area contributed by atoms with Gasteiger partial charge in [-0.05, 0) is 28.5 Å². The lowest BCUT2D eigenvalue weighted by molar-refractivity contribution is 0.121. The van der Waals surface area contributed by atoms with E-state index in [9.17, 15) is 0 Å². The zero-order chi connectivity index (χ0) is 27.4. The molecule has 1 N–H and O–H groups in total. The van der Waals surface area contributed by atoms with Gasteiger partial charge in [0.15, 0.2) is 0 Å². The van der Waals surface area contributed by atoms with Crippen LogP contribution in [0.3, 0.4) is 0 Å². The van der Waals surface area contributed by atoms with Crippen LogP contribution in [-0.4, -0.2) is 78.3 Å². The van der Waals surface area contributed by atoms with Gasteiger partial charge in [-0.3, -0.25) is 0 Å². The van der Waals surface area contributed by atoms with E-state index in [2.05, 4.69) is 97.8 Å². The van der Waals surface area contributed by atoms with Gasteiger partial charge >= 0.3 is 0 Å². The third-order valence-electron chi connectivity index (χ3n) is 7.55. The van der Waals surface area contributed by atoms with Gasteiger partial charge in [-0.15, -0.1) is 0 Å². The van der Waals surface area contributed by atoms with Gasteiger partial charge in [-0.25, -0.2) is 5.43 Å². The number of aromatic nitrogens is 4. The minimum atomic E-state index is 0.416. The van der Waals surface area contributed by atoms with Gasteiger partial charge in [-0.2, -0.15) is 20.1 Å². The molecule has 2 fully saturated rings. The van der Waals surface area contributed by atoms with Crippen LogP contribution in [0.15, 0.2) is 78.0 Å². The summed E-state index contributed by atoms with van der Waals surface area (Å²) >= 11 is 0. The molecular formula is C31H32N8O2. The maximum absolute atomic E-state index is 5.52. The summed E-state index contributed by atoms with van der Waals surface area (Å²) < 4.78 is 13.3. The molecular weight excluding hydrogens is 516 g/mol. The van der Waals surface area contributed by atoms with Gasteiger partial charge in [0, 0.05) is 55.4 Å². The molecule has 2 aromatic heterocycles. The molecule has 0 unspecified atom stereocenters. The Morgan fingerprint density at radius 2 is 1.41 bits per heavy atom. The number of morpholine rings is 2. The fraction of sp³-hybridized carbons (Fsp3) is 0.290. The number of nitrogens with one attached hydrogen (secondary N) is 1. The van der Waals surface area contributed by atoms with E-state index in [1.807, 2.05) is 6.21 Å². The fourth-order valence-corrected chi connectivity index (χ4v) is 5.42. The first-order chi connectivity index (χ1) is 20.3. The first-order valence-corrected chi connectivity index (χ1v) is 14.1. The summed E-state index contributed by atoms with van der Waals surface area (Å²) in [6, 6.07) is 23.5. The van der Waals surface area contributed by atoms with Crippen LogP contribution in [0.4, 0.5) is 17.8 Å². The molecule has 208 valence electrons. The molecule has 0 radical (unpaired) electrons. The molecule has 7 rings (SSSR count). The highest BCUT2D eigenvalue weighted by atomic mass is 16.5. The lowest BCUT2D eigenvalue weighted by atomic mass is 10.1. The maximum Gasteiger partial charge on any atom is 0.250 e. The van der Waals surface area contributed by atoms with Crippen molar-refractivity contribution in [2.24, 2.45) is 5.10 Å². The van der Waals surface area contributed by atoms with Crippen molar-refractivity contribution in [2.75, 3.05) is 67.8 Å². The van der Waals surface area contributed by atoms with Gasteiger partial charge in [-0.1, -0.05) is 54.6 Å². The molecule has 4 heterocycles. The number of rotatable bonds is 7. The molecule has 41 heavy (non-hydrogen) atoms. The van der Waals surface area contributed by atoms with Crippen molar-refractivity contribution in [3.05, 3.63) is 84.1 Å². The standard InChI is InChI=1S/C31H32N8O2/c1-2-6-25-19-23(9-10-24(25)5-1)21-39-22-26(27-7-3-4-8-28(27)39)20-32-36-29-33-30(37-11-15-40-16-12-37)35-31(34-29)38-13-17-41-18-14-38/h1-10,19-20,22H,11-18,21H2,(H,33,34,35,36)/b32-20+. The van der Waals surface area contributed by atoms with Crippen LogP contribution in [0.25, 0.3) is 21.7 Å². The second-order valence-corrected chi connectivity index (χ2v) is 10.2. The summed E-state index contributed by atoms with van der Waals surface area (Å²) in [5.41, 5.74) is 6.51. The second-order valence-electron chi connectivity index (χ2n) is 10.2. The van der Waals surface area contributed by atoms with E-state index >= 15 is 0 Å². The van der Waals surface area contributed by atoms with Crippen LogP contribution >= 0.6 is 0 Å². The topological polar surface area (TPSA) is 92.9 Å². The summed E-state index contributed by atoms with van der Waals surface area (Å²) in [6.45, 7) is 6.36. The van der Waals surface area contributed by atoms with Crippen LogP contribution in [0.2, 0.25) is 0 Å². The number of fused-ring (bicyclic) bond motifs is 2. The van der Waals surface area contributed by atoms with Gasteiger partial charge in [0.25, 0.3) is 0 Å². The van der Waals surface area contributed by atoms with E-state index < -0.39 is 0 Å². The zero-order valence-corrected chi connectivity index (χ0v) is 22.8. The molecule has 0 amide bonds. The zero-order valence-electron chi connectivity index (χ0n) is 22.8. The van der Waals surface area contributed by atoms with Crippen molar-refractivity contribution in [1.29, 1.82) is 0 Å². The molecule has 0 bridgehead atoms. The minimum absolute atomic E-state index is 0.416. The van der Waals surface area contributed by atoms with E-state index in [0.717, 1.165) is 49.2 Å². The summed E-state index contributed by atoms with van der Waals surface area (Å²) in [4.78, 5) is 18.4. The molecule has 5 aromatic rings. The Hall–Kier alpha value is -4.54. The Morgan fingerprint density at radius 3 is 2.15 bits per heavy atom. The number of hydrazone groups is 1. The molecule has 0 saturated carbocycles. The minimum Gasteiger partial charge on any atom is -0.378 e. The molecule has 2 aliphatic heterocycles. The Bertz CT molecular complexity index is 1650. The molecule has 3 aromatic carbocycles. The van der Waals surface area contributed by atoms with Crippen LogP contribution in [0.5, 0.6) is 0 Å². The SMILES string of the molecule is C(=N\Nc1nc(N2CCOCC2)nc(N2CCOCC2)n1)/c1cn(Cc2ccc3ccccc3c2)c2ccccc12. The third-order valence-corrected chi connectivity index (χ3v) is 7.55. The Labute approximate surface area is 238 Å². The van der Waals surface area contributed by atoms with Crippen LogP contribution in [-0.2, 0) is 16.0 Å². The fourth-order valence-electron chi connectivity index (χ4n) is 5.42. The van der Waals surface area contributed by atoms with Crippen LogP contribution in [0.1, 0.15) is 11.1 Å². The van der Waals surface area contributed by atoms with Gasteiger partial charge in [0.1, 0.15) is 0 Å². The van der Waals surface area contributed by atoms with Crippen molar-refractivity contribution < 1.29 is 9.47 Å². The smallest absolute Gasteiger partial charge is 0.250 e. The van der Waals surface area contributed by atoms with Crippen molar-refractivity contribution in [3.8, 4) is 0 Å². The Balaban J connectivity index is 1.15. The summed E-state index contributed by atoms with van der Waals surface area (Å²) in [6.07, 6.45) is 3.99. The highest BCUT2D eigenvalue weighted by Gasteiger charge is 2.20. The average molecular weight is 549 g/mol. The number of ether oxygens (including phenoxy) is 2. The normalized spacial score (nSPS) is 16.2. The first kappa shape index (κ1) is 25.4. The van der Waals surface area contributed by atoms with Gasteiger partial charge < -0.3 is 23.8 Å². The Morgan fingerprint density at radius 1 is 0.756 bits per heavy atom. The van der Waals surface area contributed by atoms with Gasteiger partial charge in [0.2, 0.25) is 17.8 Å². The lowest BCUT2D eigenvalue weighted by Crippen LogP contribution is -2.40. The first-order valence-electron chi connectivity index (χ1n) is 14.1. The maximum atomic E-state index is 5.52. The number of benzene rings is 3. The van der Waals surface area contributed by atoms with Crippen LogP contribution < -0.4 is 15.2 Å². The monoisotopic (exact) mass is 548 g/mol. The van der Waals surface area contributed by atoms with E-state index in [1.165, 1.54) is 16.3 Å². The van der Waals surface area contributed by atoms with E-state index in [4.69, 9.17) is 24.4 Å². The predicted molar refractivity (Wildman–Crippen MR) is 162 cm³/mol. The van der Waals surface area contributed by atoms with Crippen molar-refractivity contribution in [3.63, 3.8) is 0 Å². The van der Waals surface area contributed by atoms with E-state index in [0.29, 0.717) is 44.3 Å². The van der Waals surface area contributed by atoms with Crippen LogP contribution in [0, 0.1) is 0 Å². The summed E-state index contributed by atoms with van der Waals surface area (Å²) in [5, 5.41) is 8.20. The van der Waals surface area contributed by atoms with E-state index in [-0.39, 0.29) is 0 Å². The highest BCUT2D eigenvalue weighted by molar-refractivity contribution is 5.99. The summed E-state index contributed by atoms with van der Waals surface area (Å²) in [5.74, 6) is 1.68. The number of hydrogen-bond acceptors (Lipinski definition) is 9. The van der Waals surface area contributed by atoms with Crippen molar-refractivity contribution >= 4 is 45.7 Å². The lowest BCUT2D eigenvalue weighted by Gasteiger charge is -2.30. The number of hydrogen-bond donors (Lipinski definition) is 1. The number of para-hydroxylation sites is 1. The van der Waals surface area contributed by atoms with Crippen molar-refractivity contribution in [1.82, 2.24) is 19.5 Å². The number of nitrogens with zero attached hydrogens (tertiary/aromatic N) is 7. The molecule has 0 aliphatic carbocycles. The second kappa shape index (κ2) is 11.5. The highest BCUT2D eigenvalue weighted by Crippen LogP contribution is 2.23. The van der Waals surface area contributed by atoms with E-state index in [1.54, 1.807) is 0 Å². The molecule has 0 spiro atoms. The van der Waals surface area contributed by atoms with Crippen molar-refractivity contribution in [2.45, 2.75) is 6.54 Å². The molecule has 10 nitrogen and oxygen atoms in total. The average Bonchev–Trinajstić information content (AvgIpc) is 3.38. The summed E-state index contributed by atoms with van der Waals surface area (Å²) in [7, 11) is 0. The Kier molecular flexibility index (Phi) is 7.14. The van der Waals surface area contributed by atoms with Gasteiger partial charge in [0.05, 0.1) is 32.6 Å². The molecule has 0 atom stereocenters. The third kappa shape index (κ3) is 5.57. The molecule has 10 heteroatoms. The number of anilines is 3. The quantitative estimate of drug-likeness (QED) is 0.240. The molecule has 2 aliphatic rings. The predicted octanol–water partition coefficient (Wildman–Crippen LogP) is 4.15.